The fourth-order valence-corrected chi connectivity index (χ4v) is 3.52. The summed E-state index contributed by atoms with van der Waals surface area (Å²) in [4.78, 5) is 17.3. The maximum atomic E-state index is 12.8. The molecule has 6 heteroatoms. The molecule has 1 aliphatic rings. The summed E-state index contributed by atoms with van der Waals surface area (Å²) < 4.78 is 13.2. The van der Waals surface area contributed by atoms with Crippen LogP contribution in [0.5, 0.6) is 0 Å². The van der Waals surface area contributed by atoms with Gasteiger partial charge in [-0.15, -0.1) is 0 Å². The van der Waals surface area contributed by atoms with Crippen LogP contribution in [-0.4, -0.2) is 28.6 Å². The number of nitrogens with zero attached hydrogens (tertiary/aromatic N) is 2. The fourth-order valence-electron chi connectivity index (χ4n) is 3.52. The minimum atomic E-state index is -0.187. The summed E-state index contributed by atoms with van der Waals surface area (Å²) in [7, 11) is 1.62. The van der Waals surface area contributed by atoms with E-state index in [1.807, 2.05) is 37.4 Å². The van der Waals surface area contributed by atoms with Crippen LogP contribution in [0.1, 0.15) is 34.1 Å². The maximum absolute atomic E-state index is 12.8. The third-order valence-electron chi connectivity index (χ3n) is 4.64. The summed E-state index contributed by atoms with van der Waals surface area (Å²) in [6.07, 6.45) is 3.77. The SMILES string of the molecule is COCc1c(C(=O)N[C@@H]2CCc3nc(C)cn3C2)oc2ccccc12. The summed E-state index contributed by atoms with van der Waals surface area (Å²) >= 11 is 0. The van der Waals surface area contributed by atoms with Gasteiger partial charge in [-0.3, -0.25) is 4.79 Å². The number of carbonyl (C=O) groups is 1. The molecule has 1 aromatic carbocycles. The molecule has 4 rings (SSSR count). The molecule has 0 saturated carbocycles. The van der Waals surface area contributed by atoms with Crippen molar-refractivity contribution < 1.29 is 13.9 Å². The number of nitrogens with one attached hydrogen (secondary N) is 1. The van der Waals surface area contributed by atoms with Gasteiger partial charge in [0.15, 0.2) is 5.76 Å². The van der Waals surface area contributed by atoms with Crippen molar-refractivity contribution in [3.8, 4) is 0 Å². The number of fused-ring (bicyclic) bond motifs is 2. The quantitative estimate of drug-likeness (QED) is 0.793. The maximum Gasteiger partial charge on any atom is 0.287 e. The zero-order chi connectivity index (χ0) is 17.4. The number of rotatable bonds is 4. The van der Waals surface area contributed by atoms with Gasteiger partial charge in [-0.25, -0.2) is 4.98 Å². The van der Waals surface area contributed by atoms with E-state index >= 15 is 0 Å². The zero-order valence-electron chi connectivity index (χ0n) is 14.4. The van der Waals surface area contributed by atoms with Crippen molar-refractivity contribution in [2.75, 3.05) is 7.11 Å². The molecule has 1 N–H and O–H groups in total. The minimum absolute atomic E-state index is 0.0669. The lowest BCUT2D eigenvalue weighted by atomic mass is 10.1. The van der Waals surface area contributed by atoms with E-state index in [-0.39, 0.29) is 11.9 Å². The monoisotopic (exact) mass is 339 g/mol. The number of benzene rings is 1. The average molecular weight is 339 g/mol. The number of aromatic nitrogens is 2. The lowest BCUT2D eigenvalue weighted by molar-refractivity contribution is 0.0895. The molecule has 1 amide bonds. The van der Waals surface area contributed by atoms with Gasteiger partial charge in [-0.2, -0.15) is 0 Å². The standard InChI is InChI=1S/C19H21N3O3/c1-12-9-22-10-13(7-8-17(22)20-12)21-19(23)18-15(11-24-2)14-5-3-4-6-16(14)25-18/h3-6,9,13H,7-8,10-11H2,1-2H3,(H,21,23)/t13-/m1/s1. The number of imidazole rings is 1. The van der Waals surface area contributed by atoms with Gasteiger partial charge < -0.3 is 19.0 Å². The van der Waals surface area contributed by atoms with Crippen LogP contribution in [0.15, 0.2) is 34.9 Å². The molecular formula is C19H21N3O3. The molecule has 0 fully saturated rings. The summed E-state index contributed by atoms with van der Waals surface area (Å²) in [5.74, 6) is 1.25. The van der Waals surface area contributed by atoms with Crippen molar-refractivity contribution in [1.82, 2.24) is 14.9 Å². The third-order valence-corrected chi connectivity index (χ3v) is 4.64. The molecule has 0 aliphatic carbocycles. The van der Waals surface area contributed by atoms with E-state index in [2.05, 4.69) is 14.9 Å². The van der Waals surface area contributed by atoms with Crippen molar-refractivity contribution in [2.45, 2.75) is 39.0 Å². The van der Waals surface area contributed by atoms with E-state index in [9.17, 15) is 4.79 Å². The largest absolute Gasteiger partial charge is 0.451 e. The van der Waals surface area contributed by atoms with E-state index in [0.29, 0.717) is 18.0 Å². The number of furan rings is 1. The molecule has 0 saturated heterocycles. The lowest BCUT2D eigenvalue weighted by Gasteiger charge is -2.24. The van der Waals surface area contributed by atoms with Gasteiger partial charge in [-0.05, 0) is 19.4 Å². The number of hydrogen-bond donors (Lipinski definition) is 1. The Morgan fingerprint density at radius 3 is 3.12 bits per heavy atom. The Balaban J connectivity index is 1.57. The highest BCUT2D eigenvalue weighted by Gasteiger charge is 2.25. The molecule has 3 heterocycles. The number of ether oxygens (including phenoxy) is 1. The van der Waals surface area contributed by atoms with Gasteiger partial charge in [0.2, 0.25) is 0 Å². The molecule has 1 atom stereocenters. The number of carbonyl (C=O) groups excluding carboxylic acids is 1. The highest BCUT2D eigenvalue weighted by molar-refractivity contribution is 5.99. The molecule has 0 spiro atoms. The zero-order valence-corrected chi connectivity index (χ0v) is 14.4. The van der Waals surface area contributed by atoms with Crippen molar-refractivity contribution in [1.29, 1.82) is 0 Å². The molecule has 2 aromatic heterocycles. The first-order chi connectivity index (χ1) is 12.2. The highest BCUT2D eigenvalue weighted by Crippen LogP contribution is 2.27. The second kappa shape index (κ2) is 6.37. The van der Waals surface area contributed by atoms with Crippen molar-refractivity contribution >= 4 is 16.9 Å². The van der Waals surface area contributed by atoms with Gasteiger partial charge in [0.1, 0.15) is 11.4 Å². The Hall–Kier alpha value is -2.60. The second-order valence-electron chi connectivity index (χ2n) is 6.50. The molecule has 3 aromatic rings. The van der Waals surface area contributed by atoms with Crippen LogP contribution in [0.25, 0.3) is 11.0 Å². The Labute approximate surface area is 145 Å². The Morgan fingerprint density at radius 1 is 1.44 bits per heavy atom. The Bertz CT molecular complexity index is 925. The van der Waals surface area contributed by atoms with E-state index in [1.54, 1.807) is 7.11 Å². The Kier molecular flexibility index (Phi) is 4.05. The van der Waals surface area contributed by atoms with Gasteiger partial charge >= 0.3 is 0 Å². The smallest absolute Gasteiger partial charge is 0.287 e. The summed E-state index contributed by atoms with van der Waals surface area (Å²) in [6.45, 7) is 3.07. The topological polar surface area (TPSA) is 69.3 Å². The van der Waals surface area contributed by atoms with E-state index in [1.165, 1.54) is 0 Å². The molecule has 130 valence electrons. The van der Waals surface area contributed by atoms with Crippen LogP contribution in [0.3, 0.4) is 0 Å². The number of amides is 1. The van der Waals surface area contributed by atoms with Gasteiger partial charge in [0.05, 0.1) is 12.3 Å². The third kappa shape index (κ3) is 2.93. The normalized spacial score (nSPS) is 16.8. The first kappa shape index (κ1) is 15.9. The average Bonchev–Trinajstić information content (AvgIpc) is 3.15. The lowest BCUT2D eigenvalue weighted by Crippen LogP contribution is -2.41. The Morgan fingerprint density at radius 2 is 2.28 bits per heavy atom. The molecule has 0 bridgehead atoms. The van der Waals surface area contributed by atoms with Crippen LogP contribution < -0.4 is 5.32 Å². The minimum Gasteiger partial charge on any atom is -0.451 e. The summed E-state index contributed by atoms with van der Waals surface area (Å²) in [5, 5.41) is 4.03. The molecule has 0 radical (unpaired) electrons. The first-order valence-electron chi connectivity index (χ1n) is 8.48. The molecule has 1 aliphatic heterocycles. The van der Waals surface area contributed by atoms with Gasteiger partial charge in [-0.1, -0.05) is 18.2 Å². The highest BCUT2D eigenvalue weighted by atomic mass is 16.5. The summed E-state index contributed by atoms with van der Waals surface area (Å²) in [5.41, 5.74) is 2.52. The van der Waals surface area contributed by atoms with Crippen LogP contribution in [0, 0.1) is 6.92 Å². The molecule has 25 heavy (non-hydrogen) atoms. The van der Waals surface area contributed by atoms with Crippen LogP contribution in [0.4, 0.5) is 0 Å². The van der Waals surface area contributed by atoms with Gasteiger partial charge in [0.25, 0.3) is 5.91 Å². The van der Waals surface area contributed by atoms with Gasteiger partial charge in [0, 0.05) is 43.3 Å². The molecular weight excluding hydrogens is 318 g/mol. The van der Waals surface area contributed by atoms with E-state index in [0.717, 1.165) is 41.9 Å². The number of aryl methyl sites for hydroxylation is 2. The van der Waals surface area contributed by atoms with Crippen molar-refractivity contribution in [3.05, 3.63) is 53.3 Å². The van der Waals surface area contributed by atoms with Crippen LogP contribution in [0.2, 0.25) is 0 Å². The van der Waals surface area contributed by atoms with E-state index in [4.69, 9.17) is 9.15 Å². The predicted molar refractivity (Wildman–Crippen MR) is 93.5 cm³/mol. The second-order valence-corrected chi connectivity index (χ2v) is 6.50. The predicted octanol–water partition coefficient (Wildman–Crippen LogP) is 2.83. The number of methoxy groups -OCH3 is 1. The number of hydrogen-bond acceptors (Lipinski definition) is 4. The molecule has 0 unspecified atom stereocenters. The van der Waals surface area contributed by atoms with Crippen molar-refractivity contribution in [2.24, 2.45) is 0 Å². The first-order valence-corrected chi connectivity index (χ1v) is 8.48. The molecule has 6 nitrogen and oxygen atoms in total. The summed E-state index contributed by atoms with van der Waals surface area (Å²) in [6, 6.07) is 7.71. The van der Waals surface area contributed by atoms with Crippen molar-refractivity contribution in [3.63, 3.8) is 0 Å². The fraction of sp³-hybridized carbons (Fsp3) is 0.368. The van der Waals surface area contributed by atoms with E-state index < -0.39 is 0 Å². The van der Waals surface area contributed by atoms with Crippen LogP contribution in [-0.2, 0) is 24.3 Å². The number of para-hydroxylation sites is 1. The van der Waals surface area contributed by atoms with Crippen LogP contribution >= 0.6 is 0 Å².